The van der Waals surface area contributed by atoms with Gasteiger partial charge in [0.2, 0.25) is 11.8 Å². The highest BCUT2D eigenvalue weighted by molar-refractivity contribution is 9.10. The van der Waals surface area contributed by atoms with Gasteiger partial charge in [0.1, 0.15) is 0 Å². The van der Waals surface area contributed by atoms with Gasteiger partial charge in [0.15, 0.2) is 0 Å². The summed E-state index contributed by atoms with van der Waals surface area (Å²) in [6, 6.07) is 14.9. The van der Waals surface area contributed by atoms with Crippen molar-refractivity contribution in [3.05, 3.63) is 58.6 Å². The number of carbonyl (C=O) groups is 2. The number of hydrogen-bond donors (Lipinski definition) is 2. The highest BCUT2D eigenvalue weighted by Crippen LogP contribution is 2.30. The van der Waals surface area contributed by atoms with E-state index >= 15 is 0 Å². The Hall–Kier alpha value is -2.14. The maximum absolute atomic E-state index is 12.1. The molecular weight excluding hydrogens is 356 g/mol. The molecule has 1 aliphatic rings. The van der Waals surface area contributed by atoms with Gasteiger partial charge in [-0.15, -0.1) is 0 Å². The third kappa shape index (κ3) is 4.66. The second-order valence-corrected chi connectivity index (χ2v) is 6.61. The fourth-order valence-electron chi connectivity index (χ4n) is 2.26. The first-order valence-corrected chi connectivity index (χ1v) is 8.35. The quantitative estimate of drug-likeness (QED) is 0.833. The first-order valence-electron chi connectivity index (χ1n) is 7.55. The summed E-state index contributed by atoms with van der Waals surface area (Å²) in [5, 5.41) is 5.74. The first kappa shape index (κ1) is 15.7. The van der Waals surface area contributed by atoms with E-state index in [0.717, 1.165) is 22.9 Å². The number of rotatable bonds is 5. The van der Waals surface area contributed by atoms with E-state index in [1.54, 1.807) is 6.07 Å². The van der Waals surface area contributed by atoms with Crippen molar-refractivity contribution in [2.24, 2.45) is 5.92 Å². The van der Waals surface area contributed by atoms with Crippen molar-refractivity contribution < 1.29 is 9.59 Å². The molecule has 0 heterocycles. The third-order valence-electron chi connectivity index (χ3n) is 3.64. The SMILES string of the molecule is O=C(Cc1ccc(Br)cc1)Nc1cccc(NC(=O)C2CC2)c1. The number of carbonyl (C=O) groups excluding carboxylic acids is 2. The van der Waals surface area contributed by atoms with E-state index in [1.165, 1.54) is 0 Å². The van der Waals surface area contributed by atoms with Gasteiger partial charge in [0.25, 0.3) is 0 Å². The van der Waals surface area contributed by atoms with Crippen LogP contribution in [0.25, 0.3) is 0 Å². The van der Waals surface area contributed by atoms with E-state index in [4.69, 9.17) is 0 Å². The molecule has 4 nitrogen and oxygen atoms in total. The molecule has 0 aromatic heterocycles. The lowest BCUT2D eigenvalue weighted by Gasteiger charge is -2.09. The van der Waals surface area contributed by atoms with Gasteiger partial charge >= 0.3 is 0 Å². The Morgan fingerprint density at radius 1 is 1.00 bits per heavy atom. The van der Waals surface area contributed by atoms with Gasteiger partial charge in [-0.1, -0.05) is 34.1 Å². The molecule has 1 fully saturated rings. The molecule has 0 radical (unpaired) electrons. The van der Waals surface area contributed by atoms with E-state index < -0.39 is 0 Å². The molecule has 2 aromatic carbocycles. The van der Waals surface area contributed by atoms with Crippen molar-refractivity contribution in [3.8, 4) is 0 Å². The van der Waals surface area contributed by atoms with E-state index in [9.17, 15) is 9.59 Å². The van der Waals surface area contributed by atoms with Gasteiger partial charge < -0.3 is 10.6 Å². The van der Waals surface area contributed by atoms with Crippen LogP contribution in [0.4, 0.5) is 11.4 Å². The fourth-order valence-corrected chi connectivity index (χ4v) is 2.52. The first-order chi connectivity index (χ1) is 11.1. The summed E-state index contributed by atoms with van der Waals surface area (Å²) in [6.45, 7) is 0. The van der Waals surface area contributed by atoms with Crippen LogP contribution in [0, 0.1) is 5.92 Å². The predicted molar refractivity (Wildman–Crippen MR) is 94.3 cm³/mol. The van der Waals surface area contributed by atoms with Crippen LogP contribution in [0.2, 0.25) is 0 Å². The zero-order chi connectivity index (χ0) is 16.2. The number of anilines is 2. The predicted octanol–water partition coefficient (Wildman–Crippen LogP) is 3.98. The van der Waals surface area contributed by atoms with E-state index in [0.29, 0.717) is 17.8 Å². The van der Waals surface area contributed by atoms with Gasteiger partial charge in [0, 0.05) is 21.8 Å². The normalized spacial score (nSPS) is 13.4. The second kappa shape index (κ2) is 6.96. The number of nitrogens with one attached hydrogen (secondary N) is 2. The summed E-state index contributed by atoms with van der Waals surface area (Å²) in [7, 11) is 0. The summed E-state index contributed by atoms with van der Waals surface area (Å²) in [5.74, 6) is 0.131. The molecule has 118 valence electrons. The zero-order valence-corrected chi connectivity index (χ0v) is 14.1. The molecule has 2 N–H and O–H groups in total. The number of benzene rings is 2. The standard InChI is InChI=1S/C18H17BrN2O2/c19-14-8-4-12(5-9-14)10-17(22)20-15-2-1-3-16(11-15)21-18(23)13-6-7-13/h1-5,8-9,11,13H,6-7,10H2,(H,20,22)(H,21,23). The zero-order valence-electron chi connectivity index (χ0n) is 12.5. The van der Waals surface area contributed by atoms with Crippen LogP contribution in [0.5, 0.6) is 0 Å². The maximum Gasteiger partial charge on any atom is 0.228 e. The fraction of sp³-hybridized carbons (Fsp3) is 0.222. The van der Waals surface area contributed by atoms with Crippen molar-refractivity contribution >= 4 is 39.1 Å². The minimum absolute atomic E-state index is 0.0586. The molecule has 5 heteroatoms. The Bertz CT molecular complexity index is 724. The number of hydrogen-bond acceptors (Lipinski definition) is 2. The molecule has 0 spiro atoms. The average molecular weight is 373 g/mol. The third-order valence-corrected chi connectivity index (χ3v) is 4.17. The molecular formula is C18H17BrN2O2. The average Bonchev–Trinajstić information content (AvgIpc) is 3.35. The molecule has 0 bridgehead atoms. The summed E-state index contributed by atoms with van der Waals surface area (Å²) >= 11 is 3.37. The van der Waals surface area contributed by atoms with Crippen LogP contribution >= 0.6 is 15.9 Å². The molecule has 2 aromatic rings. The monoisotopic (exact) mass is 372 g/mol. The largest absolute Gasteiger partial charge is 0.326 e. The van der Waals surface area contributed by atoms with Crippen molar-refractivity contribution in [2.45, 2.75) is 19.3 Å². The van der Waals surface area contributed by atoms with Crippen molar-refractivity contribution in [3.63, 3.8) is 0 Å². The van der Waals surface area contributed by atoms with Gasteiger partial charge in [-0.3, -0.25) is 9.59 Å². The lowest BCUT2D eigenvalue weighted by Crippen LogP contribution is -2.16. The Balaban J connectivity index is 1.59. The summed E-state index contributed by atoms with van der Waals surface area (Å²) in [6.07, 6.45) is 2.25. The molecule has 0 saturated heterocycles. The molecule has 1 aliphatic carbocycles. The van der Waals surface area contributed by atoms with Gasteiger partial charge in [-0.25, -0.2) is 0 Å². The second-order valence-electron chi connectivity index (χ2n) is 5.70. The number of amides is 2. The highest BCUT2D eigenvalue weighted by atomic mass is 79.9. The van der Waals surface area contributed by atoms with Crippen LogP contribution in [-0.2, 0) is 16.0 Å². The van der Waals surface area contributed by atoms with E-state index in [1.807, 2.05) is 42.5 Å². The van der Waals surface area contributed by atoms with Gasteiger partial charge in [-0.05, 0) is 48.7 Å². The van der Waals surface area contributed by atoms with Gasteiger partial charge in [-0.2, -0.15) is 0 Å². The lowest BCUT2D eigenvalue weighted by molar-refractivity contribution is -0.117. The summed E-state index contributed by atoms with van der Waals surface area (Å²) in [4.78, 5) is 23.9. The Morgan fingerprint density at radius 3 is 2.30 bits per heavy atom. The van der Waals surface area contributed by atoms with Gasteiger partial charge in [0.05, 0.1) is 6.42 Å². The van der Waals surface area contributed by atoms with Crippen LogP contribution in [0.1, 0.15) is 18.4 Å². The molecule has 0 unspecified atom stereocenters. The molecule has 3 rings (SSSR count). The molecule has 0 atom stereocenters. The summed E-state index contributed by atoms with van der Waals surface area (Å²) < 4.78 is 0.987. The topological polar surface area (TPSA) is 58.2 Å². The van der Waals surface area contributed by atoms with Crippen LogP contribution in [0.3, 0.4) is 0 Å². The Kier molecular flexibility index (Phi) is 4.76. The molecule has 2 amide bonds. The maximum atomic E-state index is 12.1. The minimum atomic E-state index is -0.0852. The molecule has 1 saturated carbocycles. The molecule has 0 aliphatic heterocycles. The van der Waals surface area contributed by atoms with Crippen molar-refractivity contribution in [2.75, 3.05) is 10.6 Å². The summed E-state index contributed by atoms with van der Waals surface area (Å²) in [5.41, 5.74) is 2.34. The lowest BCUT2D eigenvalue weighted by atomic mass is 10.1. The van der Waals surface area contributed by atoms with Crippen molar-refractivity contribution in [1.82, 2.24) is 0 Å². The molecule has 23 heavy (non-hydrogen) atoms. The van der Waals surface area contributed by atoms with Crippen LogP contribution in [0.15, 0.2) is 53.0 Å². The number of halogens is 1. The highest BCUT2D eigenvalue weighted by Gasteiger charge is 2.29. The smallest absolute Gasteiger partial charge is 0.228 e. The van der Waals surface area contributed by atoms with Crippen molar-refractivity contribution in [1.29, 1.82) is 0 Å². The van der Waals surface area contributed by atoms with E-state index in [-0.39, 0.29) is 17.7 Å². The van der Waals surface area contributed by atoms with E-state index in [2.05, 4.69) is 26.6 Å². The Labute approximate surface area is 143 Å². The minimum Gasteiger partial charge on any atom is -0.326 e. The van der Waals surface area contributed by atoms with Crippen LogP contribution in [-0.4, -0.2) is 11.8 Å². The van der Waals surface area contributed by atoms with Crippen LogP contribution < -0.4 is 10.6 Å². The Morgan fingerprint density at radius 2 is 1.65 bits per heavy atom.